The van der Waals surface area contributed by atoms with Gasteiger partial charge in [0.25, 0.3) is 5.91 Å². The van der Waals surface area contributed by atoms with Crippen LogP contribution in [0, 0.1) is 5.82 Å². The number of alkyl halides is 3. The van der Waals surface area contributed by atoms with Gasteiger partial charge in [-0.1, -0.05) is 36.4 Å². The third kappa shape index (κ3) is 3.74. The maximum atomic E-state index is 14.9. The summed E-state index contributed by atoms with van der Waals surface area (Å²) in [7, 11) is 0. The van der Waals surface area contributed by atoms with Crippen LogP contribution in [0.3, 0.4) is 0 Å². The predicted octanol–water partition coefficient (Wildman–Crippen LogP) is 4.39. The maximum absolute atomic E-state index is 14.9. The zero-order chi connectivity index (χ0) is 25.1. The van der Waals surface area contributed by atoms with Crippen LogP contribution in [-0.4, -0.2) is 39.5 Å². The average molecular weight is 505 g/mol. The zero-order valence-corrected chi connectivity index (χ0v) is 19.1. The molecular weight excluding hydrogens is 486 g/mol. The molecule has 0 radical (unpaired) electrons. The third-order valence-corrected chi connectivity index (χ3v) is 7.52. The molecule has 0 aliphatic carbocycles. The minimum atomic E-state index is -4.75. The number of hydrogen-bond donors (Lipinski definition) is 1. The summed E-state index contributed by atoms with van der Waals surface area (Å²) < 4.78 is 57.3. The van der Waals surface area contributed by atoms with Crippen molar-refractivity contribution < 1.29 is 27.5 Å². The molecule has 0 spiro atoms. The van der Waals surface area contributed by atoms with Gasteiger partial charge < -0.3 is 10.0 Å². The van der Waals surface area contributed by atoms with Crippen molar-refractivity contribution in [3.63, 3.8) is 0 Å². The number of fused-ring (bicyclic) bond motifs is 3. The molecule has 5 rings (SSSR count). The number of carbonyl (C=O) groups is 1. The summed E-state index contributed by atoms with van der Waals surface area (Å²) in [5, 5.41) is 11.9. The van der Waals surface area contributed by atoms with Crippen molar-refractivity contribution in [2.24, 2.45) is 0 Å². The minimum absolute atomic E-state index is 0.341. The smallest absolute Gasteiger partial charge is 0.408 e. The highest BCUT2D eigenvalue weighted by Gasteiger charge is 2.47. The quantitative estimate of drug-likeness (QED) is 0.524. The van der Waals surface area contributed by atoms with E-state index >= 15 is 0 Å². The van der Waals surface area contributed by atoms with Gasteiger partial charge >= 0.3 is 6.18 Å². The Balaban J connectivity index is 1.79. The number of amides is 1. The number of benzene rings is 2. The molecule has 0 saturated carbocycles. The largest absolute Gasteiger partial charge is 0.502 e. The Hall–Kier alpha value is -3.47. The van der Waals surface area contributed by atoms with E-state index in [2.05, 4.69) is 0 Å². The van der Waals surface area contributed by atoms with E-state index in [9.17, 15) is 32.3 Å². The molecule has 2 aliphatic rings. The summed E-state index contributed by atoms with van der Waals surface area (Å²) in [6, 6.07) is 9.78. The first-order valence-corrected chi connectivity index (χ1v) is 11.7. The van der Waals surface area contributed by atoms with Crippen LogP contribution in [-0.2, 0) is 5.75 Å². The number of aromatic hydroxyl groups is 1. The fourth-order valence-corrected chi connectivity index (χ4v) is 5.61. The molecule has 0 saturated heterocycles. The number of rotatable bonds is 2. The lowest BCUT2D eigenvalue weighted by Crippen LogP contribution is -2.60. The normalized spacial score (nSPS) is 18.4. The van der Waals surface area contributed by atoms with E-state index in [1.807, 2.05) is 12.1 Å². The SMILES string of the molecule is CC(N1CN([C@H]2c3ccccc3CSc3c(F)cccc32)n2ccc(=O)c(O)c2C1=O)C(F)(F)F. The Morgan fingerprint density at radius 3 is 2.51 bits per heavy atom. The molecule has 1 amide bonds. The van der Waals surface area contributed by atoms with Crippen molar-refractivity contribution in [3.05, 3.63) is 93.2 Å². The van der Waals surface area contributed by atoms with Crippen LogP contribution in [0.25, 0.3) is 0 Å². The Kier molecular flexibility index (Phi) is 5.54. The number of thioether (sulfide) groups is 1. The highest BCUT2D eigenvalue weighted by Crippen LogP contribution is 2.44. The molecule has 2 aliphatic heterocycles. The highest BCUT2D eigenvalue weighted by molar-refractivity contribution is 7.98. The molecule has 0 bridgehead atoms. The number of nitrogens with zero attached hydrogens (tertiary/aromatic N) is 3. The second-order valence-electron chi connectivity index (χ2n) is 8.34. The topological polar surface area (TPSA) is 65.8 Å². The summed E-state index contributed by atoms with van der Waals surface area (Å²) in [5.74, 6) is -2.12. The first kappa shape index (κ1) is 23.3. The standard InChI is InChI=1S/C24H19F4N3O3S/c1-13(24(26,27)28)29-12-31(30-10-9-18(32)21(33)20(30)23(29)34)19-15-6-3-2-5-14(15)11-35-22-16(19)7-4-8-17(22)25/h2-10,13,19,33H,11-12H2,1H3/t13?,19-/m0/s1. The second kappa shape index (κ2) is 8.33. The molecule has 2 aromatic carbocycles. The summed E-state index contributed by atoms with van der Waals surface area (Å²) in [6.45, 7) is 0.322. The van der Waals surface area contributed by atoms with Crippen molar-refractivity contribution in [1.82, 2.24) is 9.58 Å². The van der Waals surface area contributed by atoms with E-state index in [1.165, 1.54) is 39.8 Å². The van der Waals surface area contributed by atoms with E-state index < -0.39 is 53.5 Å². The summed E-state index contributed by atoms with van der Waals surface area (Å²) >= 11 is 1.27. The van der Waals surface area contributed by atoms with Crippen LogP contribution in [0.4, 0.5) is 17.6 Å². The van der Waals surface area contributed by atoms with Crippen molar-refractivity contribution in [3.8, 4) is 5.75 Å². The lowest BCUT2D eigenvalue weighted by molar-refractivity contribution is -0.173. The van der Waals surface area contributed by atoms with Crippen LogP contribution < -0.4 is 10.4 Å². The van der Waals surface area contributed by atoms with Crippen molar-refractivity contribution in [2.75, 3.05) is 11.7 Å². The monoisotopic (exact) mass is 505 g/mol. The zero-order valence-electron chi connectivity index (χ0n) is 18.3. The Labute approximate surface area is 201 Å². The number of hydrogen-bond acceptors (Lipinski definition) is 5. The molecule has 3 heterocycles. The molecule has 1 aromatic heterocycles. The van der Waals surface area contributed by atoms with Crippen LogP contribution in [0.2, 0.25) is 0 Å². The number of pyridine rings is 1. The van der Waals surface area contributed by atoms with Gasteiger partial charge in [-0.2, -0.15) is 13.2 Å². The molecular formula is C24H19F4N3O3S. The van der Waals surface area contributed by atoms with Gasteiger partial charge in [-0.15, -0.1) is 11.8 Å². The Bertz CT molecular complexity index is 1390. The van der Waals surface area contributed by atoms with Crippen LogP contribution in [0.15, 0.2) is 64.4 Å². The van der Waals surface area contributed by atoms with Gasteiger partial charge in [-0.05, 0) is 29.7 Å². The van der Waals surface area contributed by atoms with E-state index in [-0.39, 0.29) is 0 Å². The molecule has 1 unspecified atom stereocenters. The Morgan fingerprint density at radius 2 is 1.77 bits per heavy atom. The van der Waals surface area contributed by atoms with Crippen molar-refractivity contribution >= 4 is 17.7 Å². The number of carbonyl (C=O) groups excluding carboxylic acids is 1. The highest BCUT2D eigenvalue weighted by atomic mass is 32.2. The average Bonchev–Trinajstić information content (AvgIpc) is 2.98. The third-order valence-electron chi connectivity index (χ3n) is 6.34. The molecule has 35 heavy (non-hydrogen) atoms. The fraction of sp³-hybridized carbons (Fsp3) is 0.250. The van der Waals surface area contributed by atoms with Crippen molar-refractivity contribution in [2.45, 2.75) is 35.8 Å². The number of halogens is 4. The van der Waals surface area contributed by atoms with Gasteiger partial charge in [0.1, 0.15) is 18.5 Å². The van der Waals surface area contributed by atoms with Gasteiger partial charge in [-0.3, -0.25) is 19.3 Å². The second-order valence-corrected chi connectivity index (χ2v) is 9.33. The summed E-state index contributed by atoms with van der Waals surface area (Å²) in [5.41, 5.74) is 0.583. The summed E-state index contributed by atoms with van der Waals surface area (Å²) in [6.07, 6.45) is -3.51. The van der Waals surface area contributed by atoms with E-state index in [4.69, 9.17) is 0 Å². The fourth-order valence-electron chi connectivity index (χ4n) is 4.50. The molecule has 3 aromatic rings. The maximum Gasteiger partial charge on any atom is 0.408 e. The molecule has 0 fully saturated rings. The molecule has 2 atom stereocenters. The van der Waals surface area contributed by atoms with Crippen LogP contribution in [0.1, 0.15) is 40.1 Å². The first-order valence-electron chi connectivity index (χ1n) is 10.7. The molecule has 11 heteroatoms. The summed E-state index contributed by atoms with van der Waals surface area (Å²) in [4.78, 5) is 26.2. The van der Waals surface area contributed by atoms with E-state index in [0.717, 1.165) is 18.6 Å². The lowest BCUT2D eigenvalue weighted by atomic mass is 9.94. The minimum Gasteiger partial charge on any atom is -0.502 e. The van der Waals surface area contributed by atoms with E-state index in [0.29, 0.717) is 26.7 Å². The van der Waals surface area contributed by atoms with Gasteiger partial charge in [0, 0.05) is 22.9 Å². The first-order chi connectivity index (χ1) is 16.6. The van der Waals surface area contributed by atoms with Gasteiger partial charge in [-0.25, -0.2) is 4.39 Å². The Morgan fingerprint density at radius 1 is 1.06 bits per heavy atom. The molecule has 1 N–H and O–H groups in total. The molecule has 182 valence electrons. The molecule has 6 nitrogen and oxygen atoms in total. The van der Waals surface area contributed by atoms with Gasteiger partial charge in [0.15, 0.2) is 11.4 Å². The predicted molar refractivity (Wildman–Crippen MR) is 121 cm³/mol. The van der Waals surface area contributed by atoms with Crippen molar-refractivity contribution in [1.29, 1.82) is 0 Å². The van der Waals surface area contributed by atoms with Crippen LogP contribution in [0.5, 0.6) is 5.75 Å². The number of aromatic nitrogens is 1. The van der Waals surface area contributed by atoms with Gasteiger partial charge in [0.05, 0.1) is 6.04 Å². The van der Waals surface area contributed by atoms with Gasteiger partial charge in [0.2, 0.25) is 5.43 Å². The van der Waals surface area contributed by atoms with E-state index in [1.54, 1.807) is 18.2 Å². The lowest BCUT2D eigenvalue weighted by Gasteiger charge is -2.46. The van der Waals surface area contributed by atoms with Crippen LogP contribution >= 0.6 is 11.8 Å².